The number of hydrogen-bond donors (Lipinski definition) is 3. The lowest BCUT2D eigenvalue weighted by Crippen LogP contribution is -2.38. The van der Waals surface area contributed by atoms with E-state index in [4.69, 9.17) is 17.6 Å². The van der Waals surface area contributed by atoms with E-state index in [1.54, 1.807) is 0 Å². The van der Waals surface area contributed by atoms with Crippen LogP contribution < -0.4 is 10.2 Å². The van der Waals surface area contributed by atoms with Gasteiger partial charge in [-0.25, -0.2) is 4.98 Å². The van der Waals surface area contributed by atoms with Gasteiger partial charge in [-0.05, 0) is 50.5 Å². The minimum Gasteiger partial charge on any atom is -0.481 e. The van der Waals surface area contributed by atoms with E-state index in [-0.39, 0.29) is 24.3 Å². The number of carboxylic acid groups (broad SMARTS) is 1. The van der Waals surface area contributed by atoms with Gasteiger partial charge < -0.3 is 15.3 Å². The summed E-state index contributed by atoms with van der Waals surface area (Å²) in [6.45, 7) is 1.54. The third kappa shape index (κ3) is 5.77. The van der Waals surface area contributed by atoms with E-state index in [0.29, 0.717) is 22.9 Å². The predicted molar refractivity (Wildman–Crippen MR) is 129 cm³/mol. The number of piperidine rings is 1. The van der Waals surface area contributed by atoms with Crippen molar-refractivity contribution in [3.05, 3.63) is 17.3 Å². The van der Waals surface area contributed by atoms with Crippen molar-refractivity contribution < 1.29 is 14.7 Å². The van der Waals surface area contributed by atoms with E-state index < -0.39 is 5.97 Å². The van der Waals surface area contributed by atoms with Crippen molar-refractivity contribution in [1.82, 2.24) is 10.3 Å². The number of nitrogens with one attached hydrogen (secondary N) is 1. The molecule has 0 radical (unpaired) electrons. The first-order valence-electron chi connectivity index (χ1n) is 12.5. The van der Waals surface area contributed by atoms with Crippen LogP contribution in [-0.2, 0) is 4.79 Å². The Labute approximate surface area is 197 Å². The first-order chi connectivity index (χ1) is 15.5. The van der Waals surface area contributed by atoms with Crippen molar-refractivity contribution in [2.24, 2.45) is 5.92 Å². The molecular formula is C25H37N3O3S. The Morgan fingerprint density at radius 2 is 1.72 bits per heavy atom. The van der Waals surface area contributed by atoms with Gasteiger partial charge in [-0.1, -0.05) is 38.5 Å². The molecule has 3 aliphatic rings. The van der Waals surface area contributed by atoms with Crippen LogP contribution in [0.25, 0.3) is 0 Å². The first kappa shape index (κ1) is 23.4. The van der Waals surface area contributed by atoms with Gasteiger partial charge in [-0.3, -0.25) is 9.59 Å². The number of hydrogen-bond acceptors (Lipinski definition) is 5. The van der Waals surface area contributed by atoms with Crippen molar-refractivity contribution >= 4 is 30.3 Å². The Hall–Kier alpha value is -1.76. The second-order valence-electron chi connectivity index (χ2n) is 9.96. The Bertz CT molecular complexity index is 819. The Morgan fingerprint density at radius 3 is 2.41 bits per heavy atom. The largest absolute Gasteiger partial charge is 0.481 e. The molecule has 32 heavy (non-hydrogen) atoms. The van der Waals surface area contributed by atoms with Crippen molar-refractivity contribution in [3.8, 4) is 0 Å². The monoisotopic (exact) mass is 459 g/mol. The van der Waals surface area contributed by atoms with Gasteiger partial charge in [0.1, 0.15) is 5.82 Å². The van der Waals surface area contributed by atoms with Crippen LogP contribution in [0.2, 0.25) is 0 Å². The lowest BCUT2D eigenvalue weighted by molar-refractivity contribution is -0.138. The van der Waals surface area contributed by atoms with Crippen LogP contribution >= 0.6 is 12.6 Å². The summed E-state index contributed by atoms with van der Waals surface area (Å²) in [6.07, 6.45) is 13.6. The molecule has 1 amide bonds. The lowest BCUT2D eigenvalue weighted by atomic mass is 9.84. The third-order valence-corrected chi connectivity index (χ3v) is 7.80. The van der Waals surface area contributed by atoms with Gasteiger partial charge in [0, 0.05) is 36.4 Å². The Morgan fingerprint density at radius 1 is 1.03 bits per heavy atom. The van der Waals surface area contributed by atoms with Gasteiger partial charge >= 0.3 is 5.97 Å². The van der Waals surface area contributed by atoms with Crippen LogP contribution in [0.15, 0.2) is 11.0 Å². The summed E-state index contributed by atoms with van der Waals surface area (Å²) in [4.78, 5) is 32.5. The zero-order valence-electron chi connectivity index (χ0n) is 19.0. The topological polar surface area (TPSA) is 82.5 Å². The molecule has 3 fully saturated rings. The van der Waals surface area contributed by atoms with Gasteiger partial charge in [0.15, 0.2) is 0 Å². The van der Waals surface area contributed by atoms with E-state index in [1.807, 2.05) is 6.07 Å². The summed E-state index contributed by atoms with van der Waals surface area (Å²) < 4.78 is 0. The highest BCUT2D eigenvalue weighted by molar-refractivity contribution is 7.80. The summed E-state index contributed by atoms with van der Waals surface area (Å²) in [6, 6.07) is 2.19. The number of pyridine rings is 1. The summed E-state index contributed by atoms with van der Waals surface area (Å²) >= 11 is 4.75. The maximum atomic E-state index is 13.3. The summed E-state index contributed by atoms with van der Waals surface area (Å²) in [7, 11) is 0. The molecular weight excluding hydrogens is 422 g/mol. The molecule has 0 spiro atoms. The number of thiol groups is 1. The Balaban J connectivity index is 1.60. The quantitative estimate of drug-likeness (QED) is 0.511. The second-order valence-corrected chi connectivity index (χ2v) is 10.4. The smallest absolute Gasteiger partial charge is 0.303 e. The average molecular weight is 460 g/mol. The molecule has 2 N–H and O–H groups in total. The molecule has 1 aliphatic heterocycles. The number of aliphatic carboxylic acids is 1. The van der Waals surface area contributed by atoms with E-state index in [9.17, 15) is 14.7 Å². The summed E-state index contributed by atoms with van der Waals surface area (Å²) in [5, 5.41) is 12.5. The highest BCUT2D eigenvalue weighted by Crippen LogP contribution is 2.37. The van der Waals surface area contributed by atoms with Gasteiger partial charge in [-0.2, -0.15) is 0 Å². The average Bonchev–Trinajstić information content (AvgIpc) is 2.80. The first-order valence-corrected chi connectivity index (χ1v) is 13.0. The number of nitrogens with zero attached hydrogens (tertiary/aromatic N) is 2. The fourth-order valence-corrected chi connectivity index (χ4v) is 6.11. The van der Waals surface area contributed by atoms with Crippen LogP contribution in [-0.4, -0.2) is 41.1 Å². The van der Waals surface area contributed by atoms with Gasteiger partial charge in [-0.15, -0.1) is 12.6 Å². The standard InChI is InChI=1S/C25H37N3O3S/c29-22(30)14-17-8-7-13-28(16-17)24-21(32)15-20(23(27-24)18-9-3-1-4-10-18)25(31)26-19-11-5-2-6-12-19/h15,17-19,32H,1-14,16H2,(H,26,31)(H,29,30)/t17-/m1/s1. The number of rotatable bonds is 6. The molecule has 2 aliphatic carbocycles. The fourth-order valence-electron chi connectivity index (χ4n) is 5.79. The van der Waals surface area contributed by atoms with E-state index in [1.165, 1.54) is 38.5 Å². The molecule has 1 atom stereocenters. The van der Waals surface area contributed by atoms with Crippen LogP contribution in [0.4, 0.5) is 5.82 Å². The third-order valence-electron chi connectivity index (χ3n) is 7.47. The number of carbonyl (C=O) groups excluding carboxylic acids is 1. The number of carboxylic acids is 1. The maximum Gasteiger partial charge on any atom is 0.303 e. The fraction of sp³-hybridized carbons (Fsp3) is 0.720. The molecule has 2 saturated carbocycles. The van der Waals surface area contributed by atoms with Crippen LogP contribution in [0, 0.1) is 5.92 Å². The highest BCUT2D eigenvalue weighted by Gasteiger charge is 2.29. The molecule has 7 heteroatoms. The highest BCUT2D eigenvalue weighted by atomic mass is 32.1. The normalized spacial score (nSPS) is 23.2. The molecule has 4 rings (SSSR count). The van der Waals surface area contributed by atoms with E-state index in [2.05, 4.69) is 10.2 Å². The zero-order valence-corrected chi connectivity index (χ0v) is 19.9. The summed E-state index contributed by atoms with van der Waals surface area (Å²) in [5.41, 5.74) is 1.61. The molecule has 1 aromatic rings. The van der Waals surface area contributed by atoms with E-state index >= 15 is 0 Å². The molecule has 2 heterocycles. The molecule has 6 nitrogen and oxygen atoms in total. The maximum absolute atomic E-state index is 13.3. The molecule has 0 aromatic carbocycles. The van der Waals surface area contributed by atoms with Crippen molar-refractivity contribution in [2.75, 3.05) is 18.0 Å². The molecule has 0 unspecified atom stereocenters. The molecule has 1 saturated heterocycles. The van der Waals surface area contributed by atoms with Crippen molar-refractivity contribution in [2.45, 2.75) is 100 Å². The van der Waals surface area contributed by atoms with Crippen LogP contribution in [0.1, 0.15) is 105 Å². The van der Waals surface area contributed by atoms with Crippen molar-refractivity contribution in [1.29, 1.82) is 0 Å². The van der Waals surface area contributed by atoms with Crippen LogP contribution in [0.5, 0.6) is 0 Å². The molecule has 0 bridgehead atoms. The number of aromatic nitrogens is 1. The molecule has 176 valence electrons. The minimum absolute atomic E-state index is 0.00535. The van der Waals surface area contributed by atoms with Gasteiger partial charge in [0.05, 0.1) is 11.3 Å². The van der Waals surface area contributed by atoms with Crippen molar-refractivity contribution in [3.63, 3.8) is 0 Å². The van der Waals surface area contributed by atoms with Gasteiger partial charge in [0.25, 0.3) is 5.91 Å². The number of carbonyl (C=O) groups is 2. The predicted octanol–water partition coefficient (Wildman–Crippen LogP) is 5.17. The van der Waals surface area contributed by atoms with Crippen LogP contribution in [0.3, 0.4) is 0 Å². The lowest BCUT2D eigenvalue weighted by Gasteiger charge is -2.35. The van der Waals surface area contributed by atoms with Gasteiger partial charge in [0.2, 0.25) is 0 Å². The minimum atomic E-state index is -0.742. The molecule has 1 aromatic heterocycles. The van der Waals surface area contributed by atoms with E-state index in [0.717, 1.165) is 56.6 Å². The zero-order chi connectivity index (χ0) is 22.5. The second kappa shape index (κ2) is 10.9. The summed E-state index contributed by atoms with van der Waals surface area (Å²) in [5.74, 6) is 0.507. The SMILES string of the molecule is O=C(O)C[C@H]1CCCN(c2nc(C3CCCCC3)c(C(=O)NC3CCCCC3)cc2S)C1. The number of anilines is 1. The Kier molecular flexibility index (Phi) is 7.98. The number of amides is 1.